The van der Waals surface area contributed by atoms with Crippen molar-refractivity contribution in [3.05, 3.63) is 90.1 Å². The van der Waals surface area contributed by atoms with Crippen molar-refractivity contribution in [3.8, 4) is 28.1 Å². The topological polar surface area (TPSA) is 81.1 Å². The molecular weight excluding hydrogens is 472 g/mol. The summed E-state index contributed by atoms with van der Waals surface area (Å²) in [6, 6.07) is 21.9. The SMILES string of the molecule is CC(=O)NCc1ccc(-n2nc(C(F)F)c(-c3ccccc3)c2-c2ccc(S(C)(=O)=O)cc2)cc1. The molecule has 0 saturated carbocycles. The van der Waals surface area contributed by atoms with E-state index < -0.39 is 16.3 Å². The molecule has 0 unspecified atom stereocenters. The maximum atomic E-state index is 14.2. The molecule has 6 nitrogen and oxygen atoms in total. The lowest BCUT2D eigenvalue weighted by atomic mass is 9.98. The number of hydrogen-bond donors (Lipinski definition) is 1. The molecule has 1 N–H and O–H groups in total. The van der Waals surface area contributed by atoms with Gasteiger partial charge in [0.2, 0.25) is 5.91 Å². The highest BCUT2D eigenvalue weighted by Gasteiger charge is 2.27. The number of carbonyl (C=O) groups is 1. The first-order valence-electron chi connectivity index (χ1n) is 10.8. The molecule has 180 valence electrons. The molecule has 0 saturated heterocycles. The number of halogens is 2. The van der Waals surface area contributed by atoms with Crippen LogP contribution in [0, 0.1) is 0 Å². The van der Waals surface area contributed by atoms with E-state index in [2.05, 4.69) is 10.4 Å². The molecule has 0 bridgehead atoms. The molecule has 1 heterocycles. The van der Waals surface area contributed by atoms with Crippen LogP contribution in [0.3, 0.4) is 0 Å². The molecule has 3 aromatic carbocycles. The van der Waals surface area contributed by atoms with Crippen molar-refractivity contribution in [2.45, 2.75) is 24.8 Å². The molecule has 0 spiro atoms. The zero-order chi connectivity index (χ0) is 25.2. The minimum Gasteiger partial charge on any atom is -0.352 e. The predicted molar refractivity (Wildman–Crippen MR) is 130 cm³/mol. The van der Waals surface area contributed by atoms with Gasteiger partial charge in [0.15, 0.2) is 9.84 Å². The third kappa shape index (κ3) is 5.30. The van der Waals surface area contributed by atoms with Crippen LogP contribution in [-0.2, 0) is 21.2 Å². The maximum Gasteiger partial charge on any atom is 0.282 e. The van der Waals surface area contributed by atoms with E-state index in [1.54, 1.807) is 66.7 Å². The van der Waals surface area contributed by atoms with Gasteiger partial charge in [-0.2, -0.15) is 5.10 Å². The summed E-state index contributed by atoms with van der Waals surface area (Å²) in [7, 11) is -3.42. The Morgan fingerprint density at radius 2 is 1.57 bits per heavy atom. The first-order valence-corrected chi connectivity index (χ1v) is 12.6. The average molecular weight is 496 g/mol. The quantitative estimate of drug-likeness (QED) is 0.383. The zero-order valence-corrected chi connectivity index (χ0v) is 19.9. The van der Waals surface area contributed by atoms with Crippen LogP contribution < -0.4 is 5.32 Å². The first kappa shape index (κ1) is 24.3. The predicted octanol–water partition coefficient (Wildman–Crippen LogP) is 5.18. The molecule has 0 fully saturated rings. The van der Waals surface area contributed by atoms with E-state index >= 15 is 0 Å². The first-order chi connectivity index (χ1) is 16.6. The highest BCUT2D eigenvalue weighted by molar-refractivity contribution is 7.90. The van der Waals surface area contributed by atoms with Gasteiger partial charge < -0.3 is 5.32 Å². The molecule has 9 heteroatoms. The summed E-state index contributed by atoms with van der Waals surface area (Å²) in [5.41, 5.74) is 2.81. The van der Waals surface area contributed by atoms with Gasteiger partial charge in [-0.1, -0.05) is 54.6 Å². The lowest BCUT2D eigenvalue weighted by Crippen LogP contribution is -2.18. The van der Waals surface area contributed by atoms with Crippen molar-refractivity contribution in [3.63, 3.8) is 0 Å². The van der Waals surface area contributed by atoms with Crippen LogP contribution in [0.15, 0.2) is 83.8 Å². The number of nitrogens with zero attached hydrogens (tertiary/aromatic N) is 2. The third-order valence-corrected chi connectivity index (χ3v) is 6.59. The Morgan fingerprint density at radius 3 is 2.11 bits per heavy atom. The van der Waals surface area contributed by atoms with E-state index in [-0.39, 0.29) is 22.1 Å². The van der Waals surface area contributed by atoms with Crippen LogP contribution in [0.4, 0.5) is 8.78 Å². The summed E-state index contributed by atoms with van der Waals surface area (Å²) in [6.07, 6.45) is -1.72. The van der Waals surface area contributed by atoms with Gasteiger partial charge in [0.1, 0.15) is 5.69 Å². The van der Waals surface area contributed by atoms with Gasteiger partial charge in [-0.05, 0) is 35.4 Å². The molecule has 1 amide bonds. The molecule has 0 aliphatic heterocycles. The number of hydrogen-bond acceptors (Lipinski definition) is 4. The summed E-state index contributed by atoms with van der Waals surface area (Å²) in [4.78, 5) is 11.3. The van der Waals surface area contributed by atoms with Crippen molar-refractivity contribution in [2.24, 2.45) is 0 Å². The molecule has 0 radical (unpaired) electrons. The van der Waals surface area contributed by atoms with Gasteiger partial charge in [0.25, 0.3) is 6.43 Å². The van der Waals surface area contributed by atoms with Crippen LogP contribution >= 0.6 is 0 Å². The van der Waals surface area contributed by atoms with Crippen molar-refractivity contribution in [2.75, 3.05) is 6.26 Å². The standard InChI is InChI=1S/C26H23F2N3O3S/c1-17(32)29-16-18-8-12-21(13-9-18)31-25(20-10-14-22(15-11-20)35(2,33)34)23(24(30-31)26(27)28)19-6-4-3-5-7-19/h3-15,26H,16H2,1-2H3,(H,29,32). The molecule has 4 aromatic rings. The number of carbonyl (C=O) groups excluding carboxylic acids is 1. The number of amides is 1. The summed E-state index contributed by atoms with van der Waals surface area (Å²) in [5.74, 6) is -0.157. The second-order valence-corrected chi connectivity index (χ2v) is 10.1. The van der Waals surface area contributed by atoms with Crippen molar-refractivity contribution in [1.29, 1.82) is 0 Å². The second kappa shape index (κ2) is 9.79. The van der Waals surface area contributed by atoms with Crippen molar-refractivity contribution in [1.82, 2.24) is 15.1 Å². The summed E-state index contributed by atoms with van der Waals surface area (Å²) >= 11 is 0. The molecule has 0 aliphatic rings. The van der Waals surface area contributed by atoms with E-state index in [0.29, 0.717) is 29.1 Å². The van der Waals surface area contributed by atoms with Gasteiger partial charge in [0, 0.05) is 30.9 Å². The number of alkyl halides is 2. The minimum absolute atomic E-state index is 0.130. The number of sulfone groups is 1. The third-order valence-electron chi connectivity index (χ3n) is 5.46. The number of nitrogens with one attached hydrogen (secondary N) is 1. The van der Waals surface area contributed by atoms with Gasteiger partial charge in [-0.25, -0.2) is 21.9 Å². The lowest BCUT2D eigenvalue weighted by Gasteiger charge is -2.12. The minimum atomic E-state index is -3.42. The number of benzene rings is 3. The highest BCUT2D eigenvalue weighted by atomic mass is 32.2. The summed E-state index contributed by atoms with van der Waals surface area (Å²) in [6.45, 7) is 1.77. The lowest BCUT2D eigenvalue weighted by molar-refractivity contribution is -0.119. The summed E-state index contributed by atoms with van der Waals surface area (Å²) in [5, 5.41) is 7.00. The largest absolute Gasteiger partial charge is 0.352 e. The van der Waals surface area contributed by atoms with Crippen LogP contribution in [0.2, 0.25) is 0 Å². The molecule has 4 rings (SSSR count). The van der Waals surface area contributed by atoms with Gasteiger partial charge in [-0.3, -0.25) is 4.79 Å². The maximum absolute atomic E-state index is 14.2. The van der Waals surface area contributed by atoms with E-state index in [0.717, 1.165) is 11.8 Å². The Balaban J connectivity index is 1.92. The Labute approximate surface area is 202 Å². The van der Waals surface area contributed by atoms with Crippen LogP contribution in [0.5, 0.6) is 0 Å². The molecule has 0 atom stereocenters. The monoisotopic (exact) mass is 495 g/mol. The number of rotatable bonds is 7. The molecule has 1 aromatic heterocycles. The summed E-state index contributed by atoms with van der Waals surface area (Å²) < 4.78 is 53.7. The second-order valence-electron chi connectivity index (χ2n) is 8.06. The average Bonchev–Trinajstić information content (AvgIpc) is 3.24. The Bertz CT molecular complexity index is 1450. The number of aromatic nitrogens is 2. The zero-order valence-electron chi connectivity index (χ0n) is 19.1. The Morgan fingerprint density at radius 1 is 0.943 bits per heavy atom. The fraction of sp³-hybridized carbons (Fsp3) is 0.154. The van der Waals surface area contributed by atoms with Gasteiger partial charge >= 0.3 is 0 Å². The van der Waals surface area contributed by atoms with Crippen LogP contribution in [-0.4, -0.2) is 30.4 Å². The van der Waals surface area contributed by atoms with Crippen molar-refractivity contribution >= 4 is 15.7 Å². The smallest absolute Gasteiger partial charge is 0.282 e. The van der Waals surface area contributed by atoms with Gasteiger partial charge in [0.05, 0.1) is 16.3 Å². The fourth-order valence-electron chi connectivity index (χ4n) is 3.77. The fourth-order valence-corrected chi connectivity index (χ4v) is 4.40. The normalized spacial score (nSPS) is 11.6. The van der Waals surface area contributed by atoms with Crippen LogP contribution in [0.1, 0.15) is 24.6 Å². The van der Waals surface area contributed by atoms with Crippen molar-refractivity contribution < 1.29 is 22.0 Å². The molecule has 0 aliphatic carbocycles. The van der Waals surface area contributed by atoms with E-state index in [4.69, 9.17) is 0 Å². The van der Waals surface area contributed by atoms with Crippen LogP contribution in [0.25, 0.3) is 28.1 Å². The Kier molecular flexibility index (Phi) is 6.79. The Hall–Kier alpha value is -3.85. The van der Waals surface area contributed by atoms with E-state index in [1.807, 2.05) is 0 Å². The molecule has 35 heavy (non-hydrogen) atoms. The van der Waals surface area contributed by atoms with E-state index in [9.17, 15) is 22.0 Å². The van der Waals surface area contributed by atoms with E-state index in [1.165, 1.54) is 23.7 Å². The molecular formula is C26H23F2N3O3S. The van der Waals surface area contributed by atoms with Gasteiger partial charge in [-0.15, -0.1) is 0 Å². The highest BCUT2D eigenvalue weighted by Crippen LogP contribution is 2.40.